The Morgan fingerprint density at radius 2 is 2.19 bits per heavy atom. The lowest BCUT2D eigenvalue weighted by molar-refractivity contribution is 0.0976. The van der Waals surface area contributed by atoms with E-state index < -0.39 is 0 Å². The molecule has 2 rings (SSSR count). The molecule has 90 valence electrons. The molecule has 1 aliphatic rings. The van der Waals surface area contributed by atoms with Crippen LogP contribution < -0.4 is 0 Å². The minimum absolute atomic E-state index is 0. The SMILES string of the molecule is Br.O=C(CCCN1CCCC1)c1nccs1. The zero-order valence-corrected chi connectivity index (χ0v) is 11.8. The van der Waals surface area contributed by atoms with Gasteiger partial charge in [-0.3, -0.25) is 4.79 Å². The van der Waals surface area contributed by atoms with E-state index >= 15 is 0 Å². The van der Waals surface area contributed by atoms with Gasteiger partial charge in [-0.1, -0.05) is 0 Å². The van der Waals surface area contributed by atoms with Crippen LogP contribution in [0.3, 0.4) is 0 Å². The summed E-state index contributed by atoms with van der Waals surface area (Å²) in [6, 6.07) is 0. The molecule has 0 radical (unpaired) electrons. The summed E-state index contributed by atoms with van der Waals surface area (Å²) in [5, 5.41) is 2.52. The summed E-state index contributed by atoms with van der Waals surface area (Å²) in [5.41, 5.74) is 0. The molecule has 0 amide bonds. The molecule has 0 spiro atoms. The van der Waals surface area contributed by atoms with Crippen molar-refractivity contribution in [2.24, 2.45) is 0 Å². The molecule has 2 heterocycles. The first kappa shape index (κ1) is 13.8. The van der Waals surface area contributed by atoms with E-state index in [0.29, 0.717) is 11.4 Å². The highest BCUT2D eigenvalue weighted by Crippen LogP contribution is 2.11. The van der Waals surface area contributed by atoms with Crippen molar-refractivity contribution in [3.05, 3.63) is 16.6 Å². The summed E-state index contributed by atoms with van der Waals surface area (Å²) in [5.74, 6) is 0.198. The Morgan fingerprint density at radius 3 is 2.81 bits per heavy atom. The molecule has 0 atom stereocenters. The van der Waals surface area contributed by atoms with Gasteiger partial charge in [0.2, 0.25) is 0 Å². The van der Waals surface area contributed by atoms with E-state index in [2.05, 4.69) is 9.88 Å². The first-order chi connectivity index (χ1) is 7.36. The van der Waals surface area contributed by atoms with Crippen LogP contribution in [0.5, 0.6) is 0 Å². The Kier molecular flexibility index (Phi) is 6.16. The number of carbonyl (C=O) groups excluding carboxylic acids is 1. The van der Waals surface area contributed by atoms with Gasteiger partial charge in [0.15, 0.2) is 10.8 Å². The number of aromatic nitrogens is 1. The second kappa shape index (κ2) is 7.14. The third kappa shape index (κ3) is 3.96. The summed E-state index contributed by atoms with van der Waals surface area (Å²) < 4.78 is 0. The predicted molar refractivity (Wildman–Crippen MR) is 71.7 cm³/mol. The van der Waals surface area contributed by atoms with E-state index in [1.54, 1.807) is 6.20 Å². The first-order valence-corrected chi connectivity index (χ1v) is 6.39. The van der Waals surface area contributed by atoms with Crippen LogP contribution >= 0.6 is 28.3 Å². The Labute approximate surface area is 111 Å². The highest BCUT2D eigenvalue weighted by Gasteiger charge is 2.12. The van der Waals surface area contributed by atoms with Crippen LogP contribution in [0.2, 0.25) is 0 Å². The van der Waals surface area contributed by atoms with Gasteiger partial charge in [0.1, 0.15) is 0 Å². The maximum Gasteiger partial charge on any atom is 0.191 e. The monoisotopic (exact) mass is 304 g/mol. The number of hydrogen-bond acceptors (Lipinski definition) is 4. The van der Waals surface area contributed by atoms with Crippen LogP contribution in [0, 0.1) is 0 Å². The van der Waals surface area contributed by atoms with E-state index in [1.807, 2.05) is 5.38 Å². The van der Waals surface area contributed by atoms with Gasteiger partial charge in [-0.05, 0) is 38.9 Å². The van der Waals surface area contributed by atoms with Gasteiger partial charge >= 0.3 is 0 Å². The number of nitrogens with zero attached hydrogens (tertiary/aromatic N) is 2. The van der Waals surface area contributed by atoms with Gasteiger partial charge in [-0.2, -0.15) is 0 Å². The summed E-state index contributed by atoms with van der Waals surface area (Å²) in [6.07, 6.45) is 5.95. The molecule has 1 fully saturated rings. The molecule has 0 aromatic carbocycles. The summed E-state index contributed by atoms with van der Waals surface area (Å²) in [7, 11) is 0. The standard InChI is InChI=1S/C11H16N2OS.BrH/c14-10(11-12-5-9-15-11)4-3-8-13-6-1-2-7-13;/h5,9H,1-4,6-8H2;1H. The van der Waals surface area contributed by atoms with Crippen LogP contribution in [0.25, 0.3) is 0 Å². The Balaban J connectivity index is 0.00000128. The third-order valence-electron chi connectivity index (χ3n) is 2.75. The molecule has 5 heteroatoms. The Hall–Kier alpha value is -0.260. The lowest BCUT2D eigenvalue weighted by atomic mass is 10.2. The van der Waals surface area contributed by atoms with Crippen molar-refractivity contribution >= 4 is 34.1 Å². The van der Waals surface area contributed by atoms with Gasteiger partial charge < -0.3 is 4.90 Å². The van der Waals surface area contributed by atoms with Gasteiger partial charge in [-0.25, -0.2) is 4.98 Å². The summed E-state index contributed by atoms with van der Waals surface area (Å²) in [4.78, 5) is 18.1. The van der Waals surface area contributed by atoms with Crippen LogP contribution in [0.15, 0.2) is 11.6 Å². The minimum atomic E-state index is 0. The van der Waals surface area contributed by atoms with Gasteiger partial charge in [0.25, 0.3) is 0 Å². The zero-order valence-electron chi connectivity index (χ0n) is 9.22. The summed E-state index contributed by atoms with van der Waals surface area (Å²) in [6.45, 7) is 3.49. The lowest BCUT2D eigenvalue weighted by Crippen LogP contribution is -2.20. The number of likely N-dealkylation sites (tertiary alicyclic amines) is 1. The Bertz CT molecular complexity index is 310. The molecule has 0 aliphatic carbocycles. The second-order valence-corrected chi connectivity index (χ2v) is 4.81. The largest absolute Gasteiger partial charge is 0.303 e. The van der Waals surface area contributed by atoms with E-state index in [9.17, 15) is 4.79 Å². The van der Waals surface area contributed by atoms with Gasteiger partial charge in [-0.15, -0.1) is 28.3 Å². The molecule has 16 heavy (non-hydrogen) atoms. The number of halogens is 1. The fourth-order valence-electron chi connectivity index (χ4n) is 1.94. The number of ketones is 1. The fourth-order valence-corrected chi connectivity index (χ4v) is 2.54. The quantitative estimate of drug-likeness (QED) is 0.784. The van der Waals surface area contributed by atoms with Crippen molar-refractivity contribution in [2.45, 2.75) is 25.7 Å². The molecule has 0 bridgehead atoms. The molecule has 0 saturated carbocycles. The normalized spacial score (nSPS) is 16.0. The van der Waals surface area contributed by atoms with Gasteiger partial charge in [0.05, 0.1) is 0 Å². The molecular formula is C11H17BrN2OS. The number of carbonyl (C=O) groups is 1. The van der Waals surface area contributed by atoms with Crippen molar-refractivity contribution in [3.63, 3.8) is 0 Å². The highest BCUT2D eigenvalue weighted by molar-refractivity contribution is 8.93. The maximum atomic E-state index is 11.6. The van der Waals surface area contributed by atoms with E-state index in [1.165, 1.54) is 37.3 Å². The fraction of sp³-hybridized carbons (Fsp3) is 0.636. The number of Topliss-reactive ketones (excluding diaryl/α,β-unsaturated/α-hetero) is 1. The first-order valence-electron chi connectivity index (χ1n) is 5.51. The molecule has 1 saturated heterocycles. The molecule has 1 aromatic rings. The number of rotatable bonds is 5. The molecular weight excluding hydrogens is 288 g/mol. The predicted octanol–water partition coefficient (Wildman–Crippen LogP) is 2.78. The minimum Gasteiger partial charge on any atom is -0.303 e. The third-order valence-corrected chi connectivity index (χ3v) is 3.56. The molecule has 1 aliphatic heterocycles. The average Bonchev–Trinajstić information content (AvgIpc) is 2.90. The second-order valence-electron chi connectivity index (χ2n) is 3.91. The topological polar surface area (TPSA) is 33.2 Å². The molecule has 3 nitrogen and oxygen atoms in total. The van der Waals surface area contributed by atoms with E-state index in [4.69, 9.17) is 0 Å². The van der Waals surface area contributed by atoms with Crippen molar-refractivity contribution in [2.75, 3.05) is 19.6 Å². The van der Waals surface area contributed by atoms with Crippen molar-refractivity contribution in [1.82, 2.24) is 9.88 Å². The molecule has 0 N–H and O–H groups in total. The van der Waals surface area contributed by atoms with Crippen LogP contribution in [0.1, 0.15) is 35.5 Å². The zero-order chi connectivity index (χ0) is 10.5. The summed E-state index contributed by atoms with van der Waals surface area (Å²) >= 11 is 1.44. The van der Waals surface area contributed by atoms with Crippen molar-refractivity contribution in [1.29, 1.82) is 0 Å². The number of hydrogen-bond donors (Lipinski definition) is 0. The lowest BCUT2D eigenvalue weighted by Gasteiger charge is -2.13. The van der Waals surface area contributed by atoms with Gasteiger partial charge in [0, 0.05) is 18.0 Å². The molecule has 0 unspecified atom stereocenters. The molecule has 1 aromatic heterocycles. The van der Waals surface area contributed by atoms with E-state index in [-0.39, 0.29) is 22.8 Å². The highest BCUT2D eigenvalue weighted by atomic mass is 79.9. The van der Waals surface area contributed by atoms with Crippen molar-refractivity contribution < 1.29 is 4.79 Å². The maximum absolute atomic E-state index is 11.6. The van der Waals surface area contributed by atoms with Crippen LogP contribution in [-0.2, 0) is 0 Å². The Morgan fingerprint density at radius 1 is 1.44 bits per heavy atom. The van der Waals surface area contributed by atoms with Crippen LogP contribution in [-0.4, -0.2) is 35.3 Å². The van der Waals surface area contributed by atoms with Crippen LogP contribution in [0.4, 0.5) is 0 Å². The smallest absolute Gasteiger partial charge is 0.191 e. The van der Waals surface area contributed by atoms with E-state index in [0.717, 1.165) is 13.0 Å². The number of thiazole rings is 1. The average molecular weight is 305 g/mol. The van der Waals surface area contributed by atoms with Crippen molar-refractivity contribution in [3.8, 4) is 0 Å².